The van der Waals surface area contributed by atoms with Crippen LogP contribution in [0.5, 0.6) is 0 Å². The van der Waals surface area contributed by atoms with Crippen molar-refractivity contribution >= 4 is 5.82 Å². The first-order valence-corrected chi connectivity index (χ1v) is 8.57. The number of hydrogen-bond donors (Lipinski definition) is 1. The second kappa shape index (κ2) is 7.79. The maximum Gasteiger partial charge on any atom is 0.129 e. The van der Waals surface area contributed by atoms with Gasteiger partial charge in [0.1, 0.15) is 5.82 Å². The van der Waals surface area contributed by atoms with Crippen LogP contribution in [0.4, 0.5) is 5.82 Å². The average molecular weight is 289 g/mol. The Bertz CT molecular complexity index is 424. The number of anilines is 1. The first-order chi connectivity index (χ1) is 10.1. The summed E-state index contributed by atoms with van der Waals surface area (Å²) in [5.74, 6) is 1.83. The van der Waals surface area contributed by atoms with E-state index in [0.717, 1.165) is 18.9 Å². The van der Waals surface area contributed by atoms with Crippen molar-refractivity contribution in [3.8, 4) is 0 Å². The van der Waals surface area contributed by atoms with Gasteiger partial charge in [-0.3, -0.25) is 0 Å². The van der Waals surface area contributed by atoms with Crippen molar-refractivity contribution in [1.82, 2.24) is 10.3 Å². The number of hydrogen-bond acceptors (Lipinski definition) is 3. The molecule has 1 aliphatic rings. The lowest BCUT2D eigenvalue weighted by atomic mass is 10.1. The Morgan fingerprint density at radius 1 is 1.29 bits per heavy atom. The van der Waals surface area contributed by atoms with Gasteiger partial charge in [-0.2, -0.15) is 0 Å². The van der Waals surface area contributed by atoms with Gasteiger partial charge >= 0.3 is 0 Å². The van der Waals surface area contributed by atoms with Crippen LogP contribution in [0.15, 0.2) is 18.3 Å². The number of pyridine rings is 1. The van der Waals surface area contributed by atoms with Crippen LogP contribution < -0.4 is 10.2 Å². The fourth-order valence-electron chi connectivity index (χ4n) is 3.32. The predicted octanol–water partition coefficient (Wildman–Crippen LogP) is 4.16. The van der Waals surface area contributed by atoms with Crippen molar-refractivity contribution in [3.05, 3.63) is 23.9 Å². The van der Waals surface area contributed by atoms with Gasteiger partial charge in [0.25, 0.3) is 0 Å². The highest BCUT2D eigenvalue weighted by Crippen LogP contribution is 2.29. The second-order valence-corrected chi connectivity index (χ2v) is 6.71. The summed E-state index contributed by atoms with van der Waals surface area (Å²) in [6, 6.07) is 5.50. The fraction of sp³-hybridized carbons (Fsp3) is 0.722. The largest absolute Gasteiger partial charge is 0.353 e. The minimum atomic E-state index is 0.390. The van der Waals surface area contributed by atoms with Crippen LogP contribution in [0, 0.1) is 5.92 Å². The maximum absolute atomic E-state index is 4.68. The molecule has 0 radical (unpaired) electrons. The highest BCUT2D eigenvalue weighted by molar-refractivity contribution is 5.43. The van der Waals surface area contributed by atoms with Crippen LogP contribution in [0.3, 0.4) is 0 Å². The molecule has 118 valence electrons. The SMILES string of the molecule is CCNC(C)c1ccnc(N(CC(C)C)C2CCCC2)c1. The summed E-state index contributed by atoms with van der Waals surface area (Å²) in [6.45, 7) is 11.1. The van der Waals surface area contributed by atoms with E-state index < -0.39 is 0 Å². The molecule has 0 bridgehead atoms. The molecule has 0 aliphatic heterocycles. The molecule has 3 heteroatoms. The summed E-state index contributed by atoms with van der Waals surface area (Å²) < 4.78 is 0. The van der Waals surface area contributed by atoms with Crippen LogP contribution in [-0.4, -0.2) is 24.1 Å². The summed E-state index contributed by atoms with van der Waals surface area (Å²) in [5, 5.41) is 3.49. The third-order valence-electron chi connectivity index (χ3n) is 4.40. The van der Waals surface area contributed by atoms with Gasteiger partial charge in [-0.15, -0.1) is 0 Å². The molecule has 1 unspecified atom stereocenters. The Labute approximate surface area is 130 Å². The smallest absolute Gasteiger partial charge is 0.129 e. The topological polar surface area (TPSA) is 28.2 Å². The molecule has 3 nitrogen and oxygen atoms in total. The Hall–Kier alpha value is -1.09. The summed E-state index contributed by atoms with van der Waals surface area (Å²) in [6.07, 6.45) is 7.35. The molecule has 1 fully saturated rings. The summed E-state index contributed by atoms with van der Waals surface area (Å²) in [5.41, 5.74) is 1.34. The van der Waals surface area contributed by atoms with E-state index in [1.807, 2.05) is 6.20 Å². The van der Waals surface area contributed by atoms with Crippen molar-refractivity contribution in [1.29, 1.82) is 0 Å². The van der Waals surface area contributed by atoms with Gasteiger partial charge in [0.2, 0.25) is 0 Å². The van der Waals surface area contributed by atoms with Gasteiger partial charge in [-0.25, -0.2) is 4.98 Å². The average Bonchev–Trinajstić information content (AvgIpc) is 2.99. The molecule has 2 rings (SSSR count). The first kappa shape index (κ1) is 16.3. The third kappa shape index (κ3) is 4.44. The maximum atomic E-state index is 4.68. The molecule has 1 aliphatic carbocycles. The van der Waals surface area contributed by atoms with Gasteiger partial charge in [0.05, 0.1) is 0 Å². The minimum Gasteiger partial charge on any atom is -0.353 e. The molecular weight excluding hydrogens is 258 g/mol. The minimum absolute atomic E-state index is 0.390. The zero-order valence-electron chi connectivity index (χ0n) is 14.1. The highest BCUT2D eigenvalue weighted by Gasteiger charge is 2.24. The van der Waals surface area contributed by atoms with Crippen molar-refractivity contribution in [3.63, 3.8) is 0 Å². The van der Waals surface area contributed by atoms with Gasteiger partial charge < -0.3 is 10.2 Å². The standard InChI is InChI=1S/C18H31N3/c1-5-19-15(4)16-10-11-20-18(12-16)21(13-14(2)3)17-8-6-7-9-17/h10-12,14-15,17,19H,5-9,13H2,1-4H3. The molecule has 1 saturated carbocycles. The Kier molecular flexibility index (Phi) is 6.04. The van der Waals surface area contributed by atoms with E-state index in [0.29, 0.717) is 18.0 Å². The van der Waals surface area contributed by atoms with Gasteiger partial charge in [0.15, 0.2) is 0 Å². The fourth-order valence-corrected chi connectivity index (χ4v) is 3.32. The number of rotatable bonds is 7. The zero-order chi connectivity index (χ0) is 15.2. The lowest BCUT2D eigenvalue weighted by molar-refractivity contribution is 0.530. The van der Waals surface area contributed by atoms with Crippen molar-refractivity contribution < 1.29 is 0 Å². The second-order valence-electron chi connectivity index (χ2n) is 6.71. The van der Waals surface area contributed by atoms with E-state index in [9.17, 15) is 0 Å². The molecular formula is C18H31N3. The van der Waals surface area contributed by atoms with Crippen LogP contribution in [0.1, 0.15) is 65.0 Å². The zero-order valence-corrected chi connectivity index (χ0v) is 14.1. The Balaban J connectivity index is 2.20. The van der Waals surface area contributed by atoms with E-state index in [4.69, 9.17) is 0 Å². The van der Waals surface area contributed by atoms with E-state index in [-0.39, 0.29) is 0 Å². The van der Waals surface area contributed by atoms with Gasteiger partial charge in [0, 0.05) is 24.8 Å². The lowest BCUT2D eigenvalue weighted by Crippen LogP contribution is -2.37. The third-order valence-corrected chi connectivity index (χ3v) is 4.40. The summed E-state index contributed by atoms with van der Waals surface area (Å²) in [4.78, 5) is 7.23. The molecule has 0 spiro atoms. The van der Waals surface area contributed by atoms with Crippen molar-refractivity contribution in [2.45, 2.75) is 65.5 Å². The molecule has 1 aromatic rings. The van der Waals surface area contributed by atoms with E-state index in [1.165, 1.54) is 31.2 Å². The van der Waals surface area contributed by atoms with E-state index in [2.05, 4.69) is 55.0 Å². The quantitative estimate of drug-likeness (QED) is 0.817. The molecule has 0 amide bonds. The summed E-state index contributed by atoms with van der Waals surface area (Å²) >= 11 is 0. The van der Waals surface area contributed by atoms with Gasteiger partial charge in [-0.1, -0.05) is 33.6 Å². The lowest BCUT2D eigenvalue weighted by Gasteiger charge is -2.32. The highest BCUT2D eigenvalue weighted by atomic mass is 15.2. The molecule has 0 aromatic carbocycles. The summed E-state index contributed by atoms with van der Waals surface area (Å²) in [7, 11) is 0. The van der Waals surface area contributed by atoms with Crippen LogP contribution in [0.25, 0.3) is 0 Å². The number of nitrogens with zero attached hydrogens (tertiary/aromatic N) is 2. The molecule has 1 heterocycles. The molecule has 1 N–H and O–H groups in total. The van der Waals surface area contributed by atoms with E-state index in [1.54, 1.807) is 0 Å². The molecule has 21 heavy (non-hydrogen) atoms. The Morgan fingerprint density at radius 2 is 2.00 bits per heavy atom. The van der Waals surface area contributed by atoms with Crippen LogP contribution in [-0.2, 0) is 0 Å². The number of aromatic nitrogens is 1. The molecule has 0 saturated heterocycles. The van der Waals surface area contributed by atoms with Crippen molar-refractivity contribution in [2.75, 3.05) is 18.0 Å². The van der Waals surface area contributed by atoms with E-state index >= 15 is 0 Å². The van der Waals surface area contributed by atoms with Crippen LogP contribution >= 0.6 is 0 Å². The molecule has 1 atom stereocenters. The normalized spacial score (nSPS) is 17.4. The monoisotopic (exact) mass is 289 g/mol. The predicted molar refractivity (Wildman–Crippen MR) is 90.8 cm³/mol. The number of nitrogens with one attached hydrogen (secondary N) is 1. The van der Waals surface area contributed by atoms with Crippen molar-refractivity contribution in [2.24, 2.45) is 5.92 Å². The van der Waals surface area contributed by atoms with Crippen LogP contribution in [0.2, 0.25) is 0 Å². The first-order valence-electron chi connectivity index (χ1n) is 8.57. The van der Waals surface area contributed by atoms with Gasteiger partial charge in [-0.05, 0) is 49.9 Å². The Morgan fingerprint density at radius 3 is 2.62 bits per heavy atom. The molecule has 1 aromatic heterocycles.